The van der Waals surface area contributed by atoms with Crippen molar-refractivity contribution in [2.75, 3.05) is 13.7 Å². The first kappa shape index (κ1) is 23.7. The van der Waals surface area contributed by atoms with Crippen molar-refractivity contribution in [3.63, 3.8) is 0 Å². The van der Waals surface area contributed by atoms with Crippen LogP contribution in [0.2, 0.25) is 10.0 Å². The Hall–Kier alpha value is -3.48. The van der Waals surface area contributed by atoms with Crippen molar-refractivity contribution in [1.29, 1.82) is 0 Å². The van der Waals surface area contributed by atoms with Gasteiger partial charge in [-0.1, -0.05) is 47.5 Å². The summed E-state index contributed by atoms with van der Waals surface area (Å²) in [7, 11) is 1.44. The molecule has 0 saturated carbocycles. The fraction of sp³-hybridized carbons (Fsp3) is 0.154. The van der Waals surface area contributed by atoms with Gasteiger partial charge >= 0.3 is 0 Å². The van der Waals surface area contributed by atoms with Crippen molar-refractivity contribution in [2.45, 2.75) is 12.5 Å². The van der Waals surface area contributed by atoms with E-state index in [1.165, 1.54) is 30.2 Å². The zero-order valence-electron chi connectivity index (χ0n) is 18.2. The molecule has 1 amide bonds. The topological polar surface area (TPSA) is 87.1 Å². The van der Waals surface area contributed by atoms with E-state index in [0.29, 0.717) is 33.3 Å². The van der Waals surface area contributed by atoms with E-state index in [4.69, 9.17) is 27.9 Å². The number of aliphatic hydroxyl groups is 1. The molecular formula is C26H21Cl2NO5. The number of nitrogens with zero attached hydrogens (tertiary/aromatic N) is 1. The summed E-state index contributed by atoms with van der Waals surface area (Å²) in [4.78, 5) is 27.6. The maximum Gasteiger partial charge on any atom is 0.295 e. The molecule has 1 unspecified atom stereocenters. The van der Waals surface area contributed by atoms with E-state index in [-0.39, 0.29) is 23.6 Å². The molecular weight excluding hydrogens is 477 g/mol. The molecule has 1 saturated heterocycles. The lowest BCUT2D eigenvalue weighted by Gasteiger charge is -2.25. The minimum Gasteiger partial charge on any atom is -0.508 e. The number of phenolic OH excluding ortho intramolecular Hbond substituents is 1. The second-order valence-corrected chi connectivity index (χ2v) is 8.65. The highest BCUT2D eigenvalue weighted by Gasteiger charge is 2.45. The molecule has 3 aromatic rings. The number of benzene rings is 3. The molecule has 0 spiro atoms. The standard InChI is InChI=1S/C26H21Cl2NO5/c1-34-21-14-17(6-11-20(21)28)24(31)22-23(16-4-9-19(30)10-5-16)29(26(33)25(22)32)13-12-15-2-7-18(27)8-3-15/h2-11,14,23,30-31H,12-13H2,1H3/b24-22-. The molecule has 0 aromatic heterocycles. The average molecular weight is 498 g/mol. The number of halogens is 2. The van der Waals surface area contributed by atoms with Gasteiger partial charge < -0.3 is 19.8 Å². The van der Waals surface area contributed by atoms with Crippen molar-refractivity contribution in [2.24, 2.45) is 0 Å². The molecule has 1 aliphatic heterocycles. The van der Waals surface area contributed by atoms with Gasteiger partial charge in [-0.15, -0.1) is 0 Å². The van der Waals surface area contributed by atoms with Crippen LogP contribution in [0, 0.1) is 0 Å². The fourth-order valence-corrected chi connectivity index (χ4v) is 4.30. The summed E-state index contributed by atoms with van der Waals surface area (Å²) in [5.74, 6) is -1.47. The maximum absolute atomic E-state index is 13.1. The number of hydrogen-bond donors (Lipinski definition) is 2. The number of ether oxygens (including phenoxy) is 1. The molecule has 2 N–H and O–H groups in total. The normalized spacial score (nSPS) is 17.3. The molecule has 1 heterocycles. The molecule has 174 valence electrons. The number of carbonyl (C=O) groups excluding carboxylic acids is 2. The van der Waals surface area contributed by atoms with Crippen molar-refractivity contribution < 1.29 is 24.5 Å². The molecule has 0 bridgehead atoms. The minimum absolute atomic E-state index is 0.0452. The molecule has 1 aliphatic rings. The summed E-state index contributed by atoms with van der Waals surface area (Å²) in [5, 5.41) is 21.8. The minimum atomic E-state index is -0.838. The molecule has 1 fully saturated rings. The van der Waals surface area contributed by atoms with Gasteiger partial charge in [-0.2, -0.15) is 0 Å². The smallest absolute Gasteiger partial charge is 0.295 e. The van der Waals surface area contributed by atoms with E-state index in [0.717, 1.165) is 5.56 Å². The Balaban J connectivity index is 1.78. The number of methoxy groups -OCH3 is 1. The third kappa shape index (κ3) is 4.60. The Morgan fingerprint density at radius 2 is 1.68 bits per heavy atom. The highest BCUT2D eigenvalue weighted by atomic mass is 35.5. The third-order valence-corrected chi connectivity index (χ3v) is 6.29. The molecule has 3 aromatic carbocycles. The summed E-state index contributed by atoms with van der Waals surface area (Å²) >= 11 is 12.1. The van der Waals surface area contributed by atoms with Crippen LogP contribution in [0.3, 0.4) is 0 Å². The van der Waals surface area contributed by atoms with Crippen LogP contribution in [0.1, 0.15) is 22.7 Å². The monoisotopic (exact) mass is 497 g/mol. The Bertz CT molecular complexity index is 1270. The van der Waals surface area contributed by atoms with Crippen LogP contribution in [-0.4, -0.2) is 40.5 Å². The van der Waals surface area contributed by atoms with E-state index in [1.54, 1.807) is 36.4 Å². The summed E-state index contributed by atoms with van der Waals surface area (Å²) in [6.45, 7) is 0.235. The van der Waals surface area contributed by atoms with Crippen molar-refractivity contribution in [3.05, 3.63) is 99.0 Å². The summed E-state index contributed by atoms with van der Waals surface area (Å²) in [6, 6.07) is 17.2. The molecule has 1 atom stereocenters. The molecule has 34 heavy (non-hydrogen) atoms. The lowest BCUT2D eigenvalue weighted by atomic mass is 9.95. The van der Waals surface area contributed by atoms with Crippen LogP contribution in [0.5, 0.6) is 11.5 Å². The number of carbonyl (C=O) groups is 2. The molecule has 0 radical (unpaired) electrons. The maximum atomic E-state index is 13.1. The first-order chi connectivity index (χ1) is 16.3. The van der Waals surface area contributed by atoms with Gasteiger partial charge in [0.2, 0.25) is 0 Å². The van der Waals surface area contributed by atoms with Crippen molar-refractivity contribution in [1.82, 2.24) is 4.90 Å². The SMILES string of the molecule is COc1cc(/C(O)=C2/C(=O)C(=O)N(CCc3ccc(Cl)cc3)C2c2ccc(O)cc2)ccc1Cl. The first-order valence-corrected chi connectivity index (χ1v) is 11.2. The zero-order chi connectivity index (χ0) is 24.4. The summed E-state index contributed by atoms with van der Waals surface area (Å²) < 4.78 is 5.22. The van der Waals surface area contributed by atoms with Gasteiger partial charge in [-0.05, 0) is 60.0 Å². The largest absolute Gasteiger partial charge is 0.508 e. The first-order valence-electron chi connectivity index (χ1n) is 10.5. The Kier molecular flexibility index (Phi) is 6.82. The average Bonchev–Trinajstić information content (AvgIpc) is 3.09. The molecule has 6 nitrogen and oxygen atoms in total. The van der Waals surface area contributed by atoms with Crippen LogP contribution in [0.4, 0.5) is 0 Å². The van der Waals surface area contributed by atoms with E-state index < -0.39 is 17.7 Å². The van der Waals surface area contributed by atoms with Crippen molar-refractivity contribution >= 4 is 40.7 Å². The van der Waals surface area contributed by atoms with Gasteiger partial charge in [0.15, 0.2) is 0 Å². The number of amides is 1. The summed E-state index contributed by atoms with van der Waals surface area (Å²) in [5.41, 5.74) is 1.77. The lowest BCUT2D eigenvalue weighted by molar-refractivity contribution is -0.139. The number of likely N-dealkylation sites (tertiary alicyclic amines) is 1. The number of Topliss-reactive ketones (excluding diaryl/α,β-unsaturated/α-hetero) is 1. The van der Waals surface area contributed by atoms with Gasteiger partial charge in [0.05, 0.1) is 23.7 Å². The summed E-state index contributed by atoms with van der Waals surface area (Å²) in [6.07, 6.45) is 0.480. The van der Waals surface area contributed by atoms with Crippen LogP contribution >= 0.6 is 23.2 Å². The van der Waals surface area contributed by atoms with Gasteiger partial charge in [0.1, 0.15) is 17.3 Å². The predicted octanol–water partition coefficient (Wildman–Crippen LogP) is 5.37. The van der Waals surface area contributed by atoms with Crippen molar-refractivity contribution in [3.8, 4) is 11.5 Å². The van der Waals surface area contributed by atoms with Crippen LogP contribution in [0.25, 0.3) is 5.76 Å². The van der Waals surface area contributed by atoms with E-state index >= 15 is 0 Å². The molecule has 4 rings (SSSR count). The second kappa shape index (κ2) is 9.79. The van der Waals surface area contributed by atoms with Gasteiger partial charge in [-0.25, -0.2) is 0 Å². The Morgan fingerprint density at radius 1 is 1.00 bits per heavy atom. The Morgan fingerprint density at radius 3 is 2.32 bits per heavy atom. The number of rotatable bonds is 6. The molecule has 0 aliphatic carbocycles. The highest BCUT2D eigenvalue weighted by Crippen LogP contribution is 2.40. The number of ketones is 1. The van der Waals surface area contributed by atoms with Crippen LogP contribution < -0.4 is 4.74 Å². The zero-order valence-corrected chi connectivity index (χ0v) is 19.7. The molecule has 8 heteroatoms. The number of aliphatic hydroxyl groups excluding tert-OH is 1. The quantitative estimate of drug-likeness (QED) is 0.271. The predicted molar refractivity (Wildman–Crippen MR) is 130 cm³/mol. The van der Waals surface area contributed by atoms with E-state index in [2.05, 4.69) is 0 Å². The highest BCUT2D eigenvalue weighted by molar-refractivity contribution is 6.46. The lowest BCUT2D eigenvalue weighted by Crippen LogP contribution is -2.31. The van der Waals surface area contributed by atoms with E-state index in [1.807, 2.05) is 12.1 Å². The Labute approximate surface area is 206 Å². The van der Waals surface area contributed by atoms with Crippen LogP contribution in [-0.2, 0) is 16.0 Å². The van der Waals surface area contributed by atoms with Gasteiger partial charge in [-0.3, -0.25) is 9.59 Å². The third-order valence-electron chi connectivity index (χ3n) is 5.73. The number of phenols is 1. The fourth-order valence-electron chi connectivity index (χ4n) is 3.98. The number of hydrogen-bond acceptors (Lipinski definition) is 5. The second-order valence-electron chi connectivity index (χ2n) is 7.81. The number of aromatic hydroxyl groups is 1. The van der Waals surface area contributed by atoms with Gasteiger partial charge in [0, 0.05) is 17.1 Å². The van der Waals surface area contributed by atoms with Crippen LogP contribution in [0.15, 0.2) is 72.3 Å². The van der Waals surface area contributed by atoms with E-state index in [9.17, 15) is 19.8 Å². The van der Waals surface area contributed by atoms with Gasteiger partial charge in [0.25, 0.3) is 11.7 Å².